The smallest absolute Gasteiger partial charge is 0.153 e. The van der Waals surface area contributed by atoms with E-state index in [9.17, 15) is 0 Å². The lowest BCUT2D eigenvalue weighted by molar-refractivity contribution is 0.591. The van der Waals surface area contributed by atoms with Gasteiger partial charge in [0, 0.05) is 28.1 Å². The zero-order chi connectivity index (χ0) is 18.1. The quantitative estimate of drug-likeness (QED) is 0.429. The van der Waals surface area contributed by atoms with Crippen LogP contribution in [0, 0.1) is 0 Å². The first kappa shape index (κ1) is 16.7. The fourth-order valence-corrected chi connectivity index (χ4v) is 6.26. The van der Waals surface area contributed by atoms with Crippen LogP contribution in [0.15, 0.2) is 42.5 Å². The molecule has 130 valence electrons. The normalized spacial score (nSPS) is 17.0. The summed E-state index contributed by atoms with van der Waals surface area (Å²) in [4.78, 5) is 0. The van der Waals surface area contributed by atoms with Gasteiger partial charge in [-0.1, -0.05) is 77.7 Å². The number of nitrogens with zero attached hydrogens (tertiary/aromatic N) is 1. The number of fused-ring (bicyclic) bond motifs is 5. The lowest BCUT2D eigenvalue weighted by atomic mass is 9.85. The van der Waals surface area contributed by atoms with Crippen LogP contribution in [-0.4, -0.2) is 12.5 Å². The summed E-state index contributed by atoms with van der Waals surface area (Å²) in [6, 6.07) is 16.2. The molecule has 0 saturated heterocycles. The first-order valence-electron chi connectivity index (χ1n) is 9.39. The Labute approximate surface area is 152 Å². The number of benzene rings is 2. The highest BCUT2D eigenvalue weighted by Crippen LogP contribution is 2.50. The highest BCUT2D eigenvalue weighted by atomic mass is 28.3. The highest BCUT2D eigenvalue weighted by Gasteiger charge is 2.35. The second-order valence-corrected chi connectivity index (χ2v) is 14.3. The molecule has 25 heavy (non-hydrogen) atoms. The fraction of sp³-hybridized carbons (Fsp3) is 0.391. The van der Waals surface area contributed by atoms with Gasteiger partial charge in [0.1, 0.15) is 0 Å². The Morgan fingerprint density at radius 1 is 0.960 bits per heavy atom. The third-order valence-electron chi connectivity index (χ3n) is 5.66. The molecular weight excluding hydrogens is 318 g/mol. The molecular formula is C23H29NSi. The minimum Gasteiger partial charge on any atom is -0.368 e. The van der Waals surface area contributed by atoms with Gasteiger partial charge in [0.15, 0.2) is 8.24 Å². The van der Waals surface area contributed by atoms with Crippen molar-refractivity contribution in [3.63, 3.8) is 0 Å². The van der Waals surface area contributed by atoms with E-state index < -0.39 is 8.24 Å². The predicted molar refractivity (Wildman–Crippen MR) is 112 cm³/mol. The van der Waals surface area contributed by atoms with Crippen LogP contribution in [0.25, 0.3) is 22.2 Å². The monoisotopic (exact) mass is 347 g/mol. The summed E-state index contributed by atoms with van der Waals surface area (Å²) in [6.07, 6.45) is 0. The Kier molecular flexibility index (Phi) is 3.40. The van der Waals surface area contributed by atoms with E-state index >= 15 is 0 Å². The van der Waals surface area contributed by atoms with Crippen LogP contribution in [0.3, 0.4) is 0 Å². The van der Waals surface area contributed by atoms with Gasteiger partial charge in [0.05, 0.1) is 0 Å². The van der Waals surface area contributed by atoms with E-state index in [1.807, 2.05) is 0 Å². The lowest BCUT2D eigenvalue weighted by Crippen LogP contribution is -2.32. The Balaban J connectivity index is 2.15. The molecule has 0 saturated carbocycles. The molecule has 0 bridgehead atoms. The van der Waals surface area contributed by atoms with Crippen LogP contribution < -0.4 is 0 Å². The number of rotatable bonds is 1. The second kappa shape index (κ2) is 5.11. The number of hydrogen-bond acceptors (Lipinski definition) is 0. The van der Waals surface area contributed by atoms with Gasteiger partial charge in [0.2, 0.25) is 0 Å². The van der Waals surface area contributed by atoms with E-state index in [2.05, 4.69) is 94.0 Å². The first-order chi connectivity index (χ1) is 11.6. The predicted octanol–water partition coefficient (Wildman–Crippen LogP) is 6.75. The number of hydrogen-bond donors (Lipinski definition) is 0. The molecule has 1 aromatic heterocycles. The molecule has 2 heteroatoms. The van der Waals surface area contributed by atoms with Crippen molar-refractivity contribution in [1.29, 1.82) is 0 Å². The Morgan fingerprint density at radius 2 is 1.64 bits per heavy atom. The maximum absolute atomic E-state index is 2.70. The molecule has 1 nitrogen and oxygen atoms in total. The average Bonchev–Trinajstić information content (AvgIpc) is 3.00. The van der Waals surface area contributed by atoms with Crippen molar-refractivity contribution >= 4 is 19.1 Å². The molecule has 0 spiro atoms. The van der Waals surface area contributed by atoms with Crippen LogP contribution >= 0.6 is 0 Å². The molecule has 0 aliphatic heterocycles. The summed E-state index contributed by atoms with van der Waals surface area (Å²) in [5, 5.41) is 1.47. The van der Waals surface area contributed by atoms with E-state index in [1.165, 1.54) is 33.3 Å². The van der Waals surface area contributed by atoms with Crippen molar-refractivity contribution in [2.75, 3.05) is 0 Å². The standard InChI is InChI=1S/C23H29NSi/c1-15-17-10-8-9-11-18(17)22-21(15)19-14-16(23(2,3)4)12-13-20(19)24(22)25(5,6)7/h8-15H,1-7H3. The maximum Gasteiger partial charge on any atom is 0.153 e. The van der Waals surface area contributed by atoms with Crippen molar-refractivity contribution < 1.29 is 0 Å². The van der Waals surface area contributed by atoms with Gasteiger partial charge in [-0.2, -0.15) is 0 Å². The van der Waals surface area contributed by atoms with Gasteiger partial charge in [-0.15, -0.1) is 0 Å². The third kappa shape index (κ3) is 2.34. The van der Waals surface area contributed by atoms with Crippen LogP contribution in [0.5, 0.6) is 0 Å². The van der Waals surface area contributed by atoms with Crippen LogP contribution in [0.4, 0.5) is 0 Å². The third-order valence-corrected chi connectivity index (χ3v) is 7.46. The molecule has 0 N–H and O–H groups in total. The largest absolute Gasteiger partial charge is 0.368 e. The summed E-state index contributed by atoms with van der Waals surface area (Å²) in [7, 11) is -1.55. The molecule has 1 heterocycles. The van der Waals surface area contributed by atoms with Crippen molar-refractivity contribution in [2.24, 2.45) is 0 Å². The Morgan fingerprint density at radius 3 is 2.28 bits per heavy atom. The summed E-state index contributed by atoms with van der Waals surface area (Å²) < 4.78 is 2.70. The maximum atomic E-state index is 2.70. The molecule has 0 fully saturated rings. The van der Waals surface area contributed by atoms with Gasteiger partial charge in [0.25, 0.3) is 0 Å². The average molecular weight is 348 g/mol. The SMILES string of the molecule is CC1c2ccccc2-c2c1c1cc(C(C)(C)C)ccc1n2[Si](C)(C)C. The van der Waals surface area contributed by atoms with E-state index in [4.69, 9.17) is 0 Å². The molecule has 3 aromatic rings. The molecule has 0 amide bonds. The zero-order valence-electron chi connectivity index (χ0n) is 16.6. The summed E-state index contributed by atoms with van der Waals surface area (Å²) in [6.45, 7) is 16.7. The molecule has 1 atom stereocenters. The van der Waals surface area contributed by atoms with E-state index in [1.54, 1.807) is 5.56 Å². The zero-order valence-corrected chi connectivity index (χ0v) is 17.6. The van der Waals surface area contributed by atoms with E-state index in [-0.39, 0.29) is 5.41 Å². The molecule has 1 unspecified atom stereocenters. The van der Waals surface area contributed by atoms with Gasteiger partial charge in [-0.3, -0.25) is 0 Å². The molecule has 1 aliphatic carbocycles. The Bertz CT molecular complexity index is 980. The van der Waals surface area contributed by atoms with Gasteiger partial charge in [-0.05, 0) is 34.2 Å². The van der Waals surface area contributed by atoms with E-state index in [0.29, 0.717) is 5.92 Å². The minimum atomic E-state index is -1.55. The van der Waals surface area contributed by atoms with Crippen LogP contribution in [0.1, 0.15) is 50.3 Å². The van der Waals surface area contributed by atoms with Crippen LogP contribution in [0.2, 0.25) is 19.6 Å². The van der Waals surface area contributed by atoms with E-state index in [0.717, 1.165) is 0 Å². The molecule has 4 rings (SSSR count). The summed E-state index contributed by atoms with van der Waals surface area (Å²) >= 11 is 0. The van der Waals surface area contributed by atoms with Gasteiger partial charge >= 0.3 is 0 Å². The van der Waals surface area contributed by atoms with Crippen molar-refractivity contribution in [2.45, 2.75) is 58.7 Å². The first-order valence-corrected chi connectivity index (χ1v) is 12.8. The number of aromatic nitrogens is 1. The molecule has 0 radical (unpaired) electrons. The van der Waals surface area contributed by atoms with Gasteiger partial charge < -0.3 is 4.23 Å². The van der Waals surface area contributed by atoms with Gasteiger partial charge in [-0.25, -0.2) is 0 Å². The highest BCUT2D eigenvalue weighted by molar-refractivity contribution is 6.76. The second-order valence-electron chi connectivity index (χ2n) is 9.56. The topological polar surface area (TPSA) is 4.93 Å². The molecule has 1 aliphatic rings. The van der Waals surface area contributed by atoms with Crippen molar-refractivity contribution in [1.82, 2.24) is 4.23 Å². The van der Waals surface area contributed by atoms with Crippen molar-refractivity contribution in [3.05, 3.63) is 59.2 Å². The molecule has 2 aromatic carbocycles. The Hall–Kier alpha value is -1.80. The summed E-state index contributed by atoms with van der Waals surface area (Å²) in [5.41, 5.74) is 9.01. The van der Waals surface area contributed by atoms with Crippen molar-refractivity contribution in [3.8, 4) is 11.3 Å². The minimum absolute atomic E-state index is 0.178. The van der Waals surface area contributed by atoms with Crippen LogP contribution in [-0.2, 0) is 5.41 Å². The summed E-state index contributed by atoms with van der Waals surface area (Å²) in [5.74, 6) is 0.474. The lowest BCUT2D eigenvalue weighted by Gasteiger charge is -2.24. The fourth-order valence-electron chi connectivity index (χ4n) is 4.43.